The van der Waals surface area contributed by atoms with Gasteiger partial charge in [-0.2, -0.15) is 0 Å². The molecule has 126 valence electrons. The molecule has 0 radical (unpaired) electrons. The van der Waals surface area contributed by atoms with Gasteiger partial charge in [-0.15, -0.1) is 6.58 Å². The average Bonchev–Trinajstić information content (AvgIpc) is 2.51. The van der Waals surface area contributed by atoms with Crippen molar-refractivity contribution >= 4 is 11.9 Å². The quantitative estimate of drug-likeness (QED) is 0.479. The lowest BCUT2D eigenvalue weighted by Gasteiger charge is -2.19. The maximum atomic E-state index is 13.7. The summed E-state index contributed by atoms with van der Waals surface area (Å²) in [6.07, 6.45) is 1.70. The van der Waals surface area contributed by atoms with Gasteiger partial charge in [0.05, 0.1) is 6.04 Å². The van der Waals surface area contributed by atoms with Crippen molar-refractivity contribution in [3.8, 4) is 0 Å². The highest BCUT2D eigenvalue weighted by Crippen LogP contribution is 2.16. The normalized spacial score (nSPS) is 12.5. The Balaban J connectivity index is 2.82. The number of carbonyl (C=O) groups excluding carboxylic acids is 1. The van der Waals surface area contributed by atoms with E-state index in [0.717, 1.165) is 5.56 Å². The van der Waals surface area contributed by atoms with Gasteiger partial charge in [-0.3, -0.25) is 4.79 Å². The van der Waals surface area contributed by atoms with E-state index in [0.29, 0.717) is 18.1 Å². The van der Waals surface area contributed by atoms with Gasteiger partial charge in [-0.25, -0.2) is 9.38 Å². The molecule has 23 heavy (non-hydrogen) atoms. The third-order valence-corrected chi connectivity index (χ3v) is 3.33. The van der Waals surface area contributed by atoms with Crippen molar-refractivity contribution in [1.29, 1.82) is 0 Å². The molecular formula is C17H25FN4O. The first-order chi connectivity index (χ1) is 10.8. The van der Waals surface area contributed by atoms with Crippen molar-refractivity contribution in [3.05, 3.63) is 47.8 Å². The molecule has 1 atom stereocenters. The molecular weight excluding hydrogens is 295 g/mol. The van der Waals surface area contributed by atoms with Crippen LogP contribution in [0.15, 0.2) is 35.8 Å². The molecule has 0 aliphatic rings. The van der Waals surface area contributed by atoms with Crippen LogP contribution < -0.4 is 10.6 Å². The summed E-state index contributed by atoms with van der Waals surface area (Å²) in [6, 6.07) is 4.96. The first-order valence-corrected chi connectivity index (χ1v) is 7.47. The number of amides is 1. The zero-order valence-electron chi connectivity index (χ0n) is 14.2. The average molecular weight is 320 g/mol. The third-order valence-electron chi connectivity index (χ3n) is 3.33. The molecule has 2 N–H and O–H groups in total. The summed E-state index contributed by atoms with van der Waals surface area (Å²) in [6.45, 7) is 7.82. The summed E-state index contributed by atoms with van der Waals surface area (Å²) in [7, 11) is 3.36. The highest BCUT2D eigenvalue weighted by Gasteiger charge is 2.10. The maximum absolute atomic E-state index is 13.7. The molecule has 1 rings (SSSR count). The number of likely N-dealkylation sites (N-methyl/N-ethyl adjacent to an activating group) is 1. The number of guanidine groups is 1. The van der Waals surface area contributed by atoms with Gasteiger partial charge in [0.15, 0.2) is 5.96 Å². The van der Waals surface area contributed by atoms with Crippen molar-refractivity contribution in [2.24, 2.45) is 4.99 Å². The van der Waals surface area contributed by atoms with Crippen LogP contribution in [-0.4, -0.2) is 44.0 Å². The summed E-state index contributed by atoms with van der Waals surface area (Å²) < 4.78 is 13.7. The molecule has 0 aliphatic heterocycles. The first-order valence-electron chi connectivity index (χ1n) is 7.47. The number of halogens is 1. The van der Waals surface area contributed by atoms with Crippen LogP contribution in [-0.2, 0) is 4.79 Å². The summed E-state index contributed by atoms with van der Waals surface area (Å²) in [5, 5.41) is 6.21. The number of nitrogens with zero attached hydrogens (tertiary/aromatic N) is 2. The lowest BCUT2D eigenvalue weighted by Crippen LogP contribution is -2.39. The second-order valence-corrected chi connectivity index (χ2v) is 5.50. The molecule has 0 saturated heterocycles. The molecule has 0 bridgehead atoms. The molecule has 0 saturated carbocycles. The van der Waals surface area contributed by atoms with E-state index >= 15 is 0 Å². The van der Waals surface area contributed by atoms with Crippen LogP contribution in [0, 0.1) is 12.7 Å². The minimum Gasteiger partial charge on any atom is -0.353 e. The van der Waals surface area contributed by atoms with E-state index in [1.54, 1.807) is 33.2 Å². The largest absolute Gasteiger partial charge is 0.353 e. The minimum absolute atomic E-state index is 0.0362. The standard InChI is InChI=1S/C17H25FN4O/c1-6-9-19-17(20-11-16(23)22(4)5)21-13(3)14-8-7-12(2)15(18)10-14/h6-8,10,13H,1,9,11H2,2-5H3,(H2,19,20,21). The molecule has 1 aromatic rings. The number of benzene rings is 1. The Morgan fingerprint density at radius 2 is 2.17 bits per heavy atom. The zero-order valence-corrected chi connectivity index (χ0v) is 14.2. The topological polar surface area (TPSA) is 56.7 Å². The van der Waals surface area contributed by atoms with Gasteiger partial charge in [0.2, 0.25) is 5.91 Å². The molecule has 0 aliphatic carbocycles. The highest BCUT2D eigenvalue weighted by molar-refractivity contribution is 5.85. The SMILES string of the molecule is C=CCNC(=NCC(=O)N(C)C)NC(C)c1ccc(C)c(F)c1. The van der Waals surface area contributed by atoms with Gasteiger partial charge in [-0.05, 0) is 31.0 Å². The highest BCUT2D eigenvalue weighted by atomic mass is 19.1. The minimum atomic E-state index is -0.239. The fraction of sp³-hybridized carbons (Fsp3) is 0.412. The lowest BCUT2D eigenvalue weighted by molar-refractivity contribution is -0.127. The van der Waals surface area contributed by atoms with Gasteiger partial charge in [0.25, 0.3) is 0 Å². The van der Waals surface area contributed by atoms with Crippen LogP contribution >= 0.6 is 0 Å². The molecule has 0 fully saturated rings. The molecule has 0 aromatic heterocycles. The van der Waals surface area contributed by atoms with E-state index in [4.69, 9.17) is 0 Å². The Hall–Kier alpha value is -2.37. The van der Waals surface area contributed by atoms with Gasteiger partial charge in [0, 0.05) is 20.6 Å². The van der Waals surface area contributed by atoms with Gasteiger partial charge >= 0.3 is 0 Å². The first kappa shape index (κ1) is 18.7. The molecule has 0 heterocycles. The fourth-order valence-corrected chi connectivity index (χ4v) is 1.78. The molecule has 0 spiro atoms. The number of aliphatic imine (C=N–C) groups is 1. The van der Waals surface area contributed by atoms with E-state index in [1.807, 2.05) is 13.0 Å². The lowest BCUT2D eigenvalue weighted by atomic mass is 10.1. The van der Waals surface area contributed by atoms with Gasteiger partial charge < -0.3 is 15.5 Å². The van der Waals surface area contributed by atoms with Crippen molar-refractivity contribution in [1.82, 2.24) is 15.5 Å². The summed E-state index contributed by atoms with van der Waals surface area (Å²) in [5.74, 6) is 0.142. The van der Waals surface area contributed by atoms with Crippen molar-refractivity contribution in [2.75, 3.05) is 27.2 Å². The van der Waals surface area contributed by atoms with E-state index in [1.165, 1.54) is 11.0 Å². The fourth-order valence-electron chi connectivity index (χ4n) is 1.78. The number of rotatable bonds is 6. The van der Waals surface area contributed by atoms with Crippen LogP contribution in [0.4, 0.5) is 4.39 Å². The second-order valence-electron chi connectivity index (χ2n) is 5.50. The van der Waals surface area contributed by atoms with Crippen molar-refractivity contribution < 1.29 is 9.18 Å². The van der Waals surface area contributed by atoms with Gasteiger partial charge in [0.1, 0.15) is 12.4 Å². The van der Waals surface area contributed by atoms with Crippen molar-refractivity contribution in [3.63, 3.8) is 0 Å². The third kappa shape index (κ3) is 6.10. The maximum Gasteiger partial charge on any atom is 0.243 e. The van der Waals surface area contributed by atoms with E-state index in [-0.39, 0.29) is 24.3 Å². The zero-order chi connectivity index (χ0) is 17.4. The Morgan fingerprint density at radius 3 is 2.74 bits per heavy atom. The summed E-state index contributed by atoms with van der Waals surface area (Å²) in [5.41, 5.74) is 1.41. The van der Waals surface area contributed by atoms with Crippen molar-refractivity contribution in [2.45, 2.75) is 19.9 Å². The molecule has 6 heteroatoms. The number of hydrogen-bond acceptors (Lipinski definition) is 2. The Kier molecular flexibility index (Phi) is 7.25. The predicted molar refractivity (Wildman–Crippen MR) is 91.9 cm³/mol. The van der Waals surface area contributed by atoms with E-state index < -0.39 is 0 Å². The van der Waals surface area contributed by atoms with Crippen LogP contribution in [0.25, 0.3) is 0 Å². The Morgan fingerprint density at radius 1 is 1.48 bits per heavy atom. The summed E-state index contributed by atoms with van der Waals surface area (Å²) in [4.78, 5) is 17.4. The Bertz CT molecular complexity index is 584. The number of aryl methyl sites for hydroxylation is 1. The molecule has 1 amide bonds. The van der Waals surface area contributed by atoms with Gasteiger partial charge in [-0.1, -0.05) is 18.2 Å². The van der Waals surface area contributed by atoms with Crippen LogP contribution in [0.5, 0.6) is 0 Å². The number of carbonyl (C=O) groups is 1. The van der Waals surface area contributed by atoms with Crippen LogP contribution in [0.1, 0.15) is 24.1 Å². The number of nitrogens with one attached hydrogen (secondary N) is 2. The van der Waals surface area contributed by atoms with Crippen LogP contribution in [0.3, 0.4) is 0 Å². The van der Waals surface area contributed by atoms with E-state index in [2.05, 4.69) is 22.2 Å². The van der Waals surface area contributed by atoms with E-state index in [9.17, 15) is 9.18 Å². The predicted octanol–water partition coefficient (Wildman–Crippen LogP) is 2.00. The molecule has 1 aromatic carbocycles. The Labute approximate surface area is 137 Å². The second kappa shape index (κ2) is 8.92. The van der Waals surface area contributed by atoms with Crippen LogP contribution in [0.2, 0.25) is 0 Å². The molecule has 1 unspecified atom stereocenters. The monoisotopic (exact) mass is 320 g/mol. The smallest absolute Gasteiger partial charge is 0.243 e. The summed E-state index contributed by atoms with van der Waals surface area (Å²) >= 11 is 0. The number of hydrogen-bond donors (Lipinski definition) is 2. The molecule has 5 nitrogen and oxygen atoms in total.